The minimum atomic E-state index is -0.495. The van der Waals surface area contributed by atoms with Gasteiger partial charge in [0.2, 0.25) is 0 Å². The van der Waals surface area contributed by atoms with E-state index in [1.807, 2.05) is 0 Å². The summed E-state index contributed by atoms with van der Waals surface area (Å²) in [5.74, 6) is 0.749. The van der Waals surface area contributed by atoms with Gasteiger partial charge < -0.3 is 14.3 Å². The molecule has 2 aliphatic rings. The molecule has 5 nitrogen and oxygen atoms in total. The highest BCUT2D eigenvalue weighted by atomic mass is 16.5. The summed E-state index contributed by atoms with van der Waals surface area (Å²) < 4.78 is 10.8. The summed E-state index contributed by atoms with van der Waals surface area (Å²) in [7, 11) is 0. The molecule has 1 saturated carbocycles. The van der Waals surface area contributed by atoms with Crippen LogP contribution in [0.3, 0.4) is 0 Å². The highest BCUT2D eigenvalue weighted by Crippen LogP contribution is 2.38. The number of aryl methyl sites for hydroxylation is 1. The Hall–Kier alpha value is -2.14. The molecule has 1 aliphatic carbocycles. The first-order valence-electron chi connectivity index (χ1n) is 6.84. The van der Waals surface area contributed by atoms with Gasteiger partial charge in [0.15, 0.2) is 5.78 Å². The van der Waals surface area contributed by atoms with Gasteiger partial charge in [-0.05, 0) is 30.9 Å². The maximum absolute atomic E-state index is 12.2. The van der Waals surface area contributed by atoms with E-state index in [0.717, 1.165) is 0 Å². The molecular formula is C16H16O5. The first-order valence-corrected chi connectivity index (χ1v) is 6.84. The average Bonchev–Trinajstić information content (AvgIpc) is 2.44. The first-order chi connectivity index (χ1) is 9.99. The molecule has 1 aliphatic heterocycles. The molecule has 110 valence electrons. The monoisotopic (exact) mass is 288 g/mol. The van der Waals surface area contributed by atoms with Crippen molar-refractivity contribution in [3.63, 3.8) is 0 Å². The van der Waals surface area contributed by atoms with Gasteiger partial charge in [0.05, 0.1) is 6.61 Å². The molecule has 3 rings (SSSR count). The summed E-state index contributed by atoms with van der Waals surface area (Å²) >= 11 is 0. The number of aliphatic hydroxyl groups excluding tert-OH is 1. The van der Waals surface area contributed by atoms with Crippen LogP contribution >= 0.6 is 0 Å². The van der Waals surface area contributed by atoms with Gasteiger partial charge in [-0.15, -0.1) is 0 Å². The lowest BCUT2D eigenvalue weighted by molar-refractivity contribution is -0.118. The molecule has 21 heavy (non-hydrogen) atoms. The topological polar surface area (TPSA) is 76.7 Å². The highest BCUT2D eigenvalue weighted by molar-refractivity contribution is 6.02. The fraction of sp³-hybridized carbons (Fsp3) is 0.375. The van der Waals surface area contributed by atoms with Gasteiger partial charge in [0, 0.05) is 18.1 Å². The zero-order valence-electron chi connectivity index (χ0n) is 11.7. The quantitative estimate of drug-likeness (QED) is 0.837. The van der Waals surface area contributed by atoms with Crippen LogP contribution in [-0.4, -0.2) is 23.6 Å². The molecule has 0 amide bonds. The molecule has 1 aromatic rings. The summed E-state index contributed by atoms with van der Waals surface area (Å²) in [6.45, 7) is 5.34. The van der Waals surface area contributed by atoms with E-state index in [-0.39, 0.29) is 24.7 Å². The van der Waals surface area contributed by atoms with Gasteiger partial charge in [-0.3, -0.25) is 4.79 Å². The van der Waals surface area contributed by atoms with E-state index in [0.29, 0.717) is 34.6 Å². The third kappa shape index (κ3) is 2.34. The molecular weight excluding hydrogens is 272 g/mol. The highest BCUT2D eigenvalue weighted by Gasteiger charge is 2.37. The van der Waals surface area contributed by atoms with E-state index in [4.69, 9.17) is 9.15 Å². The normalized spacial score (nSPS) is 23.7. The molecule has 0 spiro atoms. The van der Waals surface area contributed by atoms with Crippen molar-refractivity contribution >= 4 is 11.9 Å². The number of carbonyl (C=O) groups is 1. The molecule has 0 saturated heterocycles. The molecule has 0 radical (unpaired) electrons. The van der Waals surface area contributed by atoms with Crippen LogP contribution in [0.4, 0.5) is 0 Å². The van der Waals surface area contributed by atoms with Crippen LogP contribution in [0.1, 0.15) is 24.2 Å². The molecule has 0 aromatic carbocycles. The van der Waals surface area contributed by atoms with Crippen molar-refractivity contribution in [2.75, 3.05) is 6.61 Å². The Balaban J connectivity index is 2.00. The van der Waals surface area contributed by atoms with Crippen molar-refractivity contribution in [2.45, 2.75) is 25.9 Å². The van der Waals surface area contributed by atoms with Crippen LogP contribution < -0.4 is 10.4 Å². The van der Waals surface area contributed by atoms with E-state index in [1.54, 1.807) is 19.1 Å². The zero-order valence-corrected chi connectivity index (χ0v) is 11.7. The maximum Gasteiger partial charge on any atom is 0.347 e. The molecule has 1 N–H and O–H groups in total. The average molecular weight is 288 g/mol. The number of rotatable bonds is 2. The Morgan fingerprint density at radius 2 is 2.24 bits per heavy atom. The molecule has 0 bridgehead atoms. The molecule has 2 atom stereocenters. The Bertz CT molecular complexity index is 710. The standard InChI is InChI=1S/C16H16O5/c1-8(7-17)10-4-13(18)11-6-12-14(21-15(11)5-10)3-9(2)20-16(12)19/h3,6,10,15,17H,1,4-5,7H2,2H3/t10-,15-/m0/s1. The third-order valence-corrected chi connectivity index (χ3v) is 4.02. The Morgan fingerprint density at radius 3 is 2.95 bits per heavy atom. The Kier molecular flexibility index (Phi) is 3.29. The van der Waals surface area contributed by atoms with E-state index in [1.165, 1.54) is 0 Å². The van der Waals surface area contributed by atoms with Crippen LogP contribution in [-0.2, 0) is 4.79 Å². The van der Waals surface area contributed by atoms with Gasteiger partial charge in [0.1, 0.15) is 23.2 Å². The van der Waals surface area contributed by atoms with Crippen LogP contribution in [0.15, 0.2) is 33.0 Å². The van der Waals surface area contributed by atoms with Gasteiger partial charge >= 0.3 is 5.63 Å². The van der Waals surface area contributed by atoms with Crippen LogP contribution in [0, 0.1) is 12.8 Å². The van der Waals surface area contributed by atoms with Gasteiger partial charge in [-0.2, -0.15) is 0 Å². The van der Waals surface area contributed by atoms with Crippen molar-refractivity contribution in [1.29, 1.82) is 0 Å². The number of carbonyl (C=O) groups excluding carboxylic acids is 1. The second kappa shape index (κ2) is 5.00. The number of ether oxygens (including phenoxy) is 1. The second-order valence-electron chi connectivity index (χ2n) is 5.50. The molecule has 1 fully saturated rings. The Labute approximate surface area is 121 Å². The fourth-order valence-electron chi connectivity index (χ4n) is 2.84. The van der Waals surface area contributed by atoms with E-state index < -0.39 is 11.7 Å². The molecule has 1 aromatic heterocycles. The SMILES string of the molecule is C=C(CO)[C@H]1CC(=O)C2=Cc3c(cc(C)oc3=O)O[C@H]2C1. The van der Waals surface area contributed by atoms with Crippen molar-refractivity contribution in [1.82, 2.24) is 0 Å². The van der Waals surface area contributed by atoms with E-state index in [2.05, 4.69) is 6.58 Å². The number of Topliss-reactive ketones (excluding diaryl/α,β-unsaturated/α-hetero) is 1. The lowest BCUT2D eigenvalue weighted by Gasteiger charge is -2.34. The predicted molar refractivity (Wildman–Crippen MR) is 76.1 cm³/mol. The van der Waals surface area contributed by atoms with Crippen molar-refractivity contribution in [2.24, 2.45) is 5.92 Å². The predicted octanol–water partition coefficient (Wildman–Crippen LogP) is 1.62. The lowest BCUT2D eigenvalue weighted by atomic mass is 9.78. The van der Waals surface area contributed by atoms with E-state index in [9.17, 15) is 14.7 Å². The van der Waals surface area contributed by atoms with Crippen LogP contribution in [0.25, 0.3) is 6.08 Å². The molecule has 2 heterocycles. The number of hydrogen-bond donors (Lipinski definition) is 1. The van der Waals surface area contributed by atoms with Crippen molar-refractivity contribution in [3.05, 3.63) is 45.5 Å². The smallest absolute Gasteiger partial charge is 0.347 e. The second-order valence-corrected chi connectivity index (χ2v) is 5.50. The third-order valence-electron chi connectivity index (χ3n) is 4.02. The largest absolute Gasteiger partial charge is 0.485 e. The fourth-order valence-corrected chi connectivity index (χ4v) is 2.84. The lowest BCUT2D eigenvalue weighted by Crippen LogP contribution is -2.37. The van der Waals surface area contributed by atoms with Crippen LogP contribution in [0.2, 0.25) is 0 Å². The van der Waals surface area contributed by atoms with Crippen LogP contribution in [0.5, 0.6) is 5.75 Å². The van der Waals surface area contributed by atoms with Gasteiger partial charge in [0.25, 0.3) is 0 Å². The van der Waals surface area contributed by atoms with Gasteiger partial charge in [-0.1, -0.05) is 6.58 Å². The maximum atomic E-state index is 12.2. The summed E-state index contributed by atoms with van der Waals surface area (Å²) in [6.07, 6.45) is 2.05. The Morgan fingerprint density at radius 1 is 1.48 bits per heavy atom. The van der Waals surface area contributed by atoms with Crippen molar-refractivity contribution in [3.8, 4) is 5.75 Å². The molecule has 0 unspecified atom stereocenters. The summed E-state index contributed by atoms with van der Waals surface area (Å²) in [6, 6.07) is 1.65. The number of aliphatic hydroxyl groups is 1. The molecule has 5 heteroatoms. The number of hydrogen-bond acceptors (Lipinski definition) is 5. The summed E-state index contributed by atoms with van der Waals surface area (Å²) in [5.41, 5.74) is 0.937. The van der Waals surface area contributed by atoms with Crippen molar-refractivity contribution < 1.29 is 19.1 Å². The zero-order chi connectivity index (χ0) is 15.1. The summed E-state index contributed by atoms with van der Waals surface area (Å²) in [5, 5.41) is 9.18. The van der Waals surface area contributed by atoms with Gasteiger partial charge in [-0.25, -0.2) is 4.79 Å². The number of ketones is 1. The minimum Gasteiger partial charge on any atom is -0.485 e. The summed E-state index contributed by atoms with van der Waals surface area (Å²) in [4.78, 5) is 24.1. The van der Waals surface area contributed by atoms with E-state index >= 15 is 0 Å². The first kappa shape index (κ1) is 13.8. The minimum absolute atomic E-state index is 0.0727. The number of fused-ring (bicyclic) bond motifs is 2.